The van der Waals surface area contributed by atoms with E-state index in [1.807, 2.05) is 5.32 Å². The lowest BCUT2D eigenvalue weighted by Gasteiger charge is -2.09. The molecule has 2 N–H and O–H groups in total. The standard InChI is InChI=1S/C16H11F3N2O4/c17-9-2-3-10(15(19)14(9)18)21-13(22)6-20-16(23)8-1-4-11-12(5-8)25-7-24-11/h1-5H,6-7H2,(H,20,23)(H,21,22). The van der Waals surface area contributed by atoms with Gasteiger partial charge in [-0.25, -0.2) is 13.2 Å². The molecule has 130 valence electrons. The van der Waals surface area contributed by atoms with Crippen LogP contribution in [0, 0.1) is 17.5 Å². The number of rotatable bonds is 4. The molecule has 2 aromatic carbocycles. The molecule has 0 radical (unpaired) electrons. The van der Waals surface area contributed by atoms with Crippen LogP contribution in [0.15, 0.2) is 30.3 Å². The summed E-state index contributed by atoms with van der Waals surface area (Å²) in [6.07, 6.45) is 0. The largest absolute Gasteiger partial charge is 0.454 e. The highest BCUT2D eigenvalue weighted by molar-refractivity contribution is 5.99. The summed E-state index contributed by atoms with van der Waals surface area (Å²) in [6, 6.07) is 6.04. The van der Waals surface area contributed by atoms with Crippen LogP contribution in [0.25, 0.3) is 0 Å². The number of halogens is 3. The number of fused-ring (bicyclic) bond motifs is 1. The second-order valence-corrected chi connectivity index (χ2v) is 5.02. The van der Waals surface area contributed by atoms with E-state index >= 15 is 0 Å². The number of carbonyl (C=O) groups is 2. The smallest absolute Gasteiger partial charge is 0.251 e. The van der Waals surface area contributed by atoms with Crippen molar-refractivity contribution in [1.29, 1.82) is 0 Å². The van der Waals surface area contributed by atoms with Crippen LogP contribution in [0.5, 0.6) is 11.5 Å². The second-order valence-electron chi connectivity index (χ2n) is 5.02. The van der Waals surface area contributed by atoms with Crippen LogP contribution in [0.4, 0.5) is 18.9 Å². The molecular weight excluding hydrogens is 341 g/mol. The van der Waals surface area contributed by atoms with Crippen molar-refractivity contribution in [3.05, 3.63) is 53.3 Å². The molecule has 1 aliphatic heterocycles. The number of ether oxygens (including phenoxy) is 2. The molecule has 3 rings (SSSR count). The van der Waals surface area contributed by atoms with Gasteiger partial charge in [-0.1, -0.05) is 0 Å². The predicted octanol–water partition coefficient (Wildman–Crippen LogP) is 2.20. The third kappa shape index (κ3) is 3.49. The SMILES string of the molecule is O=C(CNC(=O)c1ccc2c(c1)OCO2)Nc1ccc(F)c(F)c1F. The second kappa shape index (κ2) is 6.71. The van der Waals surface area contributed by atoms with Crippen LogP contribution in [-0.2, 0) is 4.79 Å². The minimum Gasteiger partial charge on any atom is -0.454 e. The summed E-state index contributed by atoms with van der Waals surface area (Å²) in [6.45, 7) is -0.436. The molecule has 0 spiro atoms. The molecule has 0 bridgehead atoms. The monoisotopic (exact) mass is 352 g/mol. The van der Waals surface area contributed by atoms with Crippen molar-refractivity contribution in [3.8, 4) is 11.5 Å². The summed E-state index contributed by atoms with van der Waals surface area (Å²) in [4.78, 5) is 23.7. The van der Waals surface area contributed by atoms with Crippen LogP contribution in [0.1, 0.15) is 10.4 Å². The Kier molecular flexibility index (Phi) is 4.46. The number of nitrogens with one attached hydrogen (secondary N) is 2. The lowest BCUT2D eigenvalue weighted by atomic mass is 10.2. The summed E-state index contributed by atoms with van der Waals surface area (Å²) in [5.41, 5.74) is -0.294. The van der Waals surface area contributed by atoms with E-state index < -0.39 is 41.5 Å². The van der Waals surface area contributed by atoms with Gasteiger partial charge >= 0.3 is 0 Å². The van der Waals surface area contributed by atoms with E-state index in [4.69, 9.17) is 9.47 Å². The van der Waals surface area contributed by atoms with Gasteiger partial charge in [0.2, 0.25) is 12.7 Å². The zero-order valence-corrected chi connectivity index (χ0v) is 12.6. The lowest BCUT2D eigenvalue weighted by molar-refractivity contribution is -0.115. The highest BCUT2D eigenvalue weighted by atomic mass is 19.2. The summed E-state index contributed by atoms with van der Waals surface area (Å²) < 4.78 is 49.6. The van der Waals surface area contributed by atoms with Crippen LogP contribution >= 0.6 is 0 Å². The highest BCUT2D eigenvalue weighted by Crippen LogP contribution is 2.32. The number of carbonyl (C=O) groups excluding carboxylic acids is 2. The minimum atomic E-state index is -1.69. The molecule has 0 aliphatic carbocycles. The van der Waals surface area contributed by atoms with Gasteiger partial charge in [-0.15, -0.1) is 0 Å². The van der Waals surface area contributed by atoms with Crippen molar-refractivity contribution >= 4 is 17.5 Å². The van der Waals surface area contributed by atoms with Crippen LogP contribution in [0.3, 0.4) is 0 Å². The van der Waals surface area contributed by atoms with Crippen molar-refractivity contribution in [2.24, 2.45) is 0 Å². The molecule has 2 aromatic rings. The Balaban J connectivity index is 1.59. The van der Waals surface area contributed by atoms with E-state index in [2.05, 4.69) is 5.32 Å². The summed E-state index contributed by atoms with van der Waals surface area (Å²) in [7, 11) is 0. The van der Waals surface area contributed by atoms with E-state index in [1.165, 1.54) is 12.1 Å². The Morgan fingerprint density at radius 1 is 1.00 bits per heavy atom. The quantitative estimate of drug-likeness (QED) is 0.827. The zero-order valence-electron chi connectivity index (χ0n) is 12.6. The van der Waals surface area contributed by atoms with Crippen molar-refractivity contribution in [2.75, 3.05) is 18.7 Å². The third-order valence-electron chi connectivity index (χ3n) is 3.35. The molecule has 0 saturated carbocycles. The maximum atomic E-state index is 13.5. The van der Waals surface area contributed by atoms with Gasteiger partial charge in [-0.05, 0) is 30.3 Å². The topological polar surface area (TPSA) is 76.7 Å². The summed E-state index contributed by atoms with van der Waals surface area (Å²) in [5, 5.41) is 4.36. The van der Waals surface area contributed by atoms with E-state index in [0.29, 0.717) is 17.6 Å². The lowest BCUT2D eigenvalue weighted by Crippen LogP contribution is -2.33. The molecule has 1 aliphatic rings. The van der Waals surface area contributed by atoms with E-state index in [-0.39, 0.29) is 12.4 Å². The number of benzene rings is 2. The van der Waals surface area contributed by atoms with Crippen LogP contribution < -0.4 is 20.1 Å². The van der Waals surface area contributed by atoms with Crippen LogP contribution in [0.2, 0.25) is 0 Å². The fourth-order valence-corrected chi connectivity index (χ4v) is 2.12. The normalized spacial score (nSPS) is 12.0. The van der Waals surface area contributed by atoms with Crippen molar-refractivity contribution in [1.82, 2.24) is 5.32 Å². The maximum absolute atomic E-state index is 13.5. The fourth-order valence-electron chi connectivity index (χ4n) is 2.12. The van der Waals surface area contributed by atoms with Gasteiger partial charge in [0, 0.05) is 5.56 Å². The highest BCUT2D eigenvalue weighted by Gasteiger charge is 2.18. The molecule has 9 heteroatoms. The first-order chi connectivity index (χ1) is 12.0. The average Bonchev–Trinajstić information content (AvgIpc) is 3.08. The van der Waals surface area contributed by atoms with Gasteiger partial charge < -0.3 is 20.1 Å². The molecule has 0 fully saturated rings. The average molecular weight is 352 g/mol. The Bertz CT molecular complexity index is 858. The van der Waals surface area contributed by atoms with Crippen LogP contribution in [-0.4, -0.2) is 25.2 Å². The molecule has 0 saturated heterocycles. The first-order valence-electron chi connectivity index (χ1n) is 7.07. The van der Waals surface area contributed by atoms with Gasteiger partial charge in [0.05, 0.1) is 12.2 Å². The maximum Gasteiger partial charge on any atom is 0.251 e. The van der Waals surface area contributed by atoms with Crippen molar-refractivity contribution < 1.29 is 32.2 Å². The van der Waals surface area contributed by atoms with E-state index in [0.717, 1.165) is 6.07 Å². The molecule has 6 nitrogen and oxygen atoms in total. The number of amides is 2. The molecule has 1 heterocycles. The Morgan fingerprint density at radius 2 is 1.76 bits per heavy atom. The first-order valence-corrected chi connectivity index (χ1v) is 7.07. The molecule has 0 aromatic heterocycles. The zero-order chi connectivity index (χ0) is 18.0. The molecular formula is C16H11F3N2O4. The Hall–Kier alpha value is -3.23. The van der Waals surface area contributed by atoms with Gasteiger partial charge in [0.15, 0.2) is 29.0 Å². The van der Waals surface area contributed by atoms with Gasteiger partial charge in [0.25, 0.3) is 5.91 Å². The molecule has 2 amide bonds. The molecule has 0 atom stereocenters. The number of anilines is 1. The Labute approximate surface area is 139 Å². The third-order valence-corrected chi connectivity index (χ3v) is 3.35. The van der Waals surface area contributed by atoms with Crippen molar-refractivity contribution in [3.63, 3.8) is 0 Å². The number of hydrogen-bond acceptors (Lipinski definition) is 4. The van der Waals surface area contributed by atoms with E-state index in [1.54, 1.807) is 6.07 Å². The van der Waals surface area contributed by atoms with Gasteiger partial charge in [-0.3, -0.25) is 9.59 Å². The van der Waals surface area contributed by atoms with Gasteiger partial charge in [0.1, 0.15) is 0 Å². The number of hydrogen-bond donors (Lipinski definition) is 2. The fraction of sp³-hybridized carbons (Fsp3) is 0.125. The first kappa shape index (κ1) is 16.6. The molecule has 25 heavy (non-hydrogen) atoms. The van der Waals surface area contributed by atoms with E-state index in [9.17, 15) is 22.8 Å². The Morgan fingerprint density at radius 3 is 2.56 bits per heavy atom. The van der Waals surface area contributed by atoms with Crippen molar-refractivity contribution in [2.45, 2.75) is 0 Å². The predicted molar refractivity (Wildman–Crippen MR) is 79.8 cm³/mol. The summed E-state index contributed by atoms with van der Waals surface area (Å²) >= 11 is 0. The minimum absolute atomic E-state index is 0.0581. The van der Waals surface area contributed by atoms with Gasteiger partial charge in [-0.2, -0.15) is 0 Å². The summed E-state index contributed by atoms with van der Waals surface area (Å²) in [5.74, 6) is -5.05. The molecule has 0 unspecified atom stereocenters.